The van der Waals surface area contributed by atoms with Crippen LogP contribution in [0.5, 0.6) is 5.75 Å². The molecule has 0 fully saturated rings. The molecule has 4 heteroatoms. The highest BCUT2D eigenvalue weighted by molar-refractivity contribution is 8.00. The molecule has 0 aromatic heterocycles. The molecule has 0 radical (unpaired) electrons. The topological polar surface area (TPSA) is 9.23 Å². The second-order valence-electron chi connectivity index (χ2n) is 4.75. The molecule has 3 rings (SSSR count). The third kappa shape index (κ3) is 3.08. The van der Waals surface area contributed by atoms with Gasteiger partial charge < -0.3 is 4.74 Å². The van der Waals surface area contributed by atoms with Gasteiger partial charge in [0.15, 0.2) is 0 Å². The Morgan fingerprint density at radius 1 is 1.20 bits per heavy atom. The third-order valence-electron chi connectivity index (χ3n) is 3.31. The fraction of sp³-hybridized carbons (Fsp3) is 0.250. The molecule has 1 nitrogen and oxygen atoms in total. The molecule has 104 valence electrons. The number of benzene rings is 2. The van der Waals surface area contributed by atoms with Crippen molar-refractivity contribution in [3.8, 4) is 5.75 Å². The van der Waals surface area contributed by atoms with Gasteiger partial charge in [-0.1, -0.05) is 29.8 Å². The molecule has 2 aromatic rings. The van der Waals surface area contributed by atoms with Crippen LogP contribution in [-0.2, 0) is 12.3 Å². The van der Waals surface area contributed by atoms with Crippen LogP contribution in [0.3, 0.4) is 0 Å². The maximum Gasteiger partial charge on any atom is 0.123 e. The molecular formula is C16H14Cl2OS. The minimum absolute atomic E-state index is 0.411. The lowest BCUT2D eigenvalue weighted by Gasteiger charge is -2.13. The van der Waals surface area contributed by atoms with Crippen molar-refractivity contribution in [2.45, 2.75) is 22.4 Å². The van der Waals surface area contributed by atoms with Gasteiger partial charge in [-0.25, -0.2) is 0 Å². The van der Waals surface area contributed by atoms with Crippen LogP contribution in [0.25, 0.3) is 0 Å². The highest BCUT2D eigenvalue weighted by Crippen LogP contribution is 2.37. The van der Waals surface area contributed by atoms with Crippen molar-refractivity contribution in [1.82, 2.24) is 0 Å². The highest BCUT2D eigenvalue weighted by atomic mass is 35.5. The maximum absolute atomic E-state index is 5.97. The van der Waals surface area contributed by atoms with Gasteiger partial charge in [-0.05, 0) is 36.2 Å². The van der Waals surface area contributed by atoms with Crippen molar-refractivity contribution < 1.29 is 4.74 Å². The monoisotopic (exact) mass is 324 g/mol. The molecule has 0 aliphatic carbocycles. The van der Waals surface area contributed by atoms with Crippen molar-refractivity contribution in [3.05, 3.63) is 58.6 Å². The standard InChI is InChI=1S/C16H14Cl2OS/c17-9-12-7-13(18)5-6-15(12)19-10-14-8-11-3-1-2-4-16(11)20-14/h1-7,14H,8-10H2. The molecule has 0 saturated carbocycles. The lowest BCUT2D eigenvalue weighted by molar-refractivity contribution is 0.315. The molecule has 0 saturated heterocycles. The number of thioether (sulfide) groups is 1. The second kappa shape index (κ2) is 6.30. The predicted octanol–water partition coefficient (Wildman–Crippen LogP) is 5.17. The van der Waals surface area contributed by atoms with Crippen LogP contribution < -0.4 is 4.74 Å². The van der Waals surface area contributed by atoms with E-state index in [1.54, 1.807) is 0 Å². The van der Waals surface area contributed by atoms with E-state index in [0.29, 0.717) is 22.8 Å². The molecule has 1 unspecified atom stereocenters. The first-order valence-corrected chi connectivity index (χ1v) is 8.27. The lowest BCUT2D eigenvalue weighted by atomic mass is 10.1. The summed E-state index contributed by atoms with van der Waals surface area (Å²) < 4.78 is 5.93. The van der Waals surface area contributed by atoms with Crippen molar-refractivity contribution >= 4 is 35.0 Å². The Labute approximate surface area is 133 Å². The van der Waals surface area contributed by atoms with Crippen LogP contribution in [0, 0.1) is 0 Å². The molecule has 20 heavy (non-hydrogen) atoms. The summed E-state index contributed by atoms with van der Waals surface area (Å²) in [5.74, 6) is 1.24. The molecule has 1 atom stereocenters. The van der Waals surface area contributed by atoms with Crippen LogP contribution in [0.4, 0.5) is 0 Å². The van der Waals surface area contributed by atoms with E-state index < -0.39 is 0 Å². The molecule has 0 amide bonds. The van der Waals surface area contributed by atoms with Crippen LogP contribution in [0.1, 0.15) is 11.1 Å². The Bertz CT molecular complexity index is 590. The van der Waals surface area contributed by atoms with E-state index in [4.69, 9.17) is 27.9 Å². The fourth-order valence-electron chi connectivity index (χ4n) is 2.32. The summed E-state index contributed by atoms with van der Waals surface area (Å²) in [5.41, 5.74) is 2.36. The molecule has 0 N–H and O–H groups in total. The number of alkyl halides is 1. The maximum atomic E-state index is 5.97. The van der Waals surface area contributed by atoms with Gasteiger partial charge in [-0.3, -0.25) is 0 Å². The lowest BCUT2D eigenvalue weighted by Crippen LogP contribution is -2.14. The average Bonchev–Trinajstić information content (AvgIpc) is 2.88. The smallest absolute Gasteiger partial charge is 0.123 e. The van der Waals surface area contributed by atoms with Gasteiger partial charge in [0.1, 0.15) is 12.4 Å². The Morgan fingerprint density at radius 3 is 2.85 bits per heavy atom. The van der Waals surface area contributed by atoms with E-state index in [0.717, 1.165) is 17.7 Å². The highest BCUT2D eigenvalue weighted by Gasteiger charge is 2.22. The zero-order valence-electron chi connectivity index (χ0n) is 10.8. The zero-order chi connectivity index (χ0) is 13.9. The summed E-state index contributed by atoms with van der Waals surface area (Å²) >= 11 is 13.8. The first kappa shape index (κ1) is 14.1. The molecule has 2 aromatic carbocycles. The van der Waals surface area contributed by atoms with E-state index in [1.165, 1.54) is 10.5 Å². The second-order valence-corrected chi connectivity index (χ2v) is 6.79. The number of halogens is 2. The zero-order valence-corrected chi connectivity index (χ0v) is 13.1. The van der Waals surface area contributed by atoms with Crippen molar-refractivity contribution in [2.24, 2.45) is 0 Å². The largest absolute Gasteiger partial charge is 0.492 e. The number of rotatable bonds is 4. The van der Waals surface area contributed by atoms with E-state index in [1.807, 2.05) is 30.0 Å². The Kier molecular flexibility index (Phi) is 4.45. The minimum atomic E-state index is 0.411. The van der Waals surface area contributed by atoms with Crippen LogP contribution in [0.2, 0.25) is 5.02 Å². The third-order valence-corrected chi connectivity index (χ3v) is 5.12. The fourth-order valence-corrected chi connectivity index (χ4v) is 3.94. The summed E-state index contributed by atoms with van der Waals surface area (Å²) in [5, 5.41) is 1.15. The van der Waals surface area contributed by atoms with Gasteiger partial charge in [-0.2, -0.15) is 0 Å². The quantitative estimate of drug-likeness (QED) is 0.717. The SMILES string of the molecule is ClCc1cc(Cl)ccc1OCC1Cc2ccccc2S1. The van der Waals surface area contributed by atoms with Gasteiger partial charge in [0.05, 0.1) is 5.88 Å². The van der Waals surface area contributed by atoms with Crippen LogP contribution >= 0.6 is 35.0 Å². The summed E-state index contributed by atoms with van der Waals surface area (Å²) in [6.45, 7) is 0.685. The first-order valence-electron chi connectivity index (χ1n) is 6.48. The summed E-state index contributed by atoms with van der Waals surface area (Å²) in [7, 11) is 0. The van der Waals surface area contributed by atoms with Crippen molar-refractivity contribution in [3.63, 3.8) is 0 Å². The summed E-state index contributed by atoms with van der Waals surface area (Å²) in [6, 6.07) is 14.1. The van der Waals surface area contributed by atoms with Gasteiger partial charge >= 0.3 is 0 Å². The Balaban J connectivity index is 1.64. The first-order chi connectivity index (χ1) is 9.76. The van der Waals surface area contributed by atoms with E-state index >= 15 is 0 Å². The summed E-state index contributed by atoms with van der Waals surface area (Å²) in [4.78, 5) is 1.37. The molecule has 1 aliphatic heterocycles. The Hall–Kier alpha value is -0.830. The normalized spacial score (nSPS) is 17.0. The number of hydrogen-bond acceptors (Lipinski definition) is 2. The van der Waals surface area contributed by atoms with Crippen LogP contribution in [0.15, 0.2) is 47.4 Å². The number of fused-ring (bicyclic) bond motifs is 1. The molecular weight excluding hydrogens is 311 g/mol. The molecule has 1 heterocycles. The number of ether oxygens (including phenoxy) is 1. The number of hydrogen-bond donors (Lipinski definition) is 0. The van der Waals surface area contributed by atoms with E-state index in [2.05, 4.69) is 24.3 Å². The van der Waals surface area contributed by atoms with E-state index in [-0.39, 0.29) is 0 Å². The van der Waals surface area contributed by atoms with Gasteiger partial charge in [0, 0.05) is 20.7 Å². The van der Waals surface area contributed by atoms with Crippen molar-refractivity contribution in [1.29, 1.82) is 0 Å². The molecule has 1 aliphatic rings. The molecule has 0 spiro atoms. The molecule has 0 bridgehead atoms. The van der Waals surface area contributed by atoms with E-state index in [9.17, 15) is 0 Å². The van der Waals surface area contributed by atoms with Crippen LogP contribution in [-0.4, -0.2) is 11.9 Å². The van der Waals surface area contributed by atoms with Gasteiger partial charge in [0.2, 0.25) is 0 Å². The summed E-state index contributed by atoms with van der Waals surface area (Å²) in [6.07, 6.45) is 1.06. The van der Waals surface area contributed by atoms with Gasteiger partial charge in [-0.15, -0.1) is 23.4 Å². The minimum Gasteiger partial charge on any atom is -0.492 e. The van der Waals surface area contributed by atoms with Gasteiger partial charge in [0.25, 0.3) is 0 Å². The van der Waals surface area contributed by atoms with Crippen molar-refractivity contribution in [2.75, 3.05) is 6.61 Å². The Morgan fingerprint density at radius 2 is 2.05 bits per heavy atom. The predicted molar refractivity (Wildman–Crippen MR) is 86.3 cm³/mol. The average molecular weight is 325 g/mol.